The largest absolute Gasteiger partial charge is 0.440 e. The summed E-state index contributed by atoms with van der Waals surface area (Å²) in [7, 11) is 0. The number of hydrogen-bond acceptors (Lipinski definition) is 4. The number of amides is 1. The molecule has 9 heteroatoms. The van der Waals surface area contributed by atoms with Gasteiger partial charge in [0, 0.05) is 22.7 Å². The van der Waals surface area contributed by atoms with Crippen LogP contribution in [-0.2, 0) is 6.42 Å². The molecule has 0 aliphatic carbocycles. The minimum absolute atomic E-state index is 0.166. The lowest BCUT2D eigenvalue weighted by Crippen LogP contribution is -2.34. The van der Waals surface area contributed by atoms with Crippen molar-refractivity contribution in [1.29, 1.82) is 0 Å². The Morgan fingerprint density at radius 2 is 1.74 bits per heavy atom. The van der Waals surface area contributed by atoms with Gasteiger partial charge < -0.3 is 9.73 Å². The van der Waals surface area contributed by atoms with Crippen LogP contribution >= 0.6 is 47.0 Å². The average molecular weight is 491 g/mol. The van der Waals surface area contributed by atoms with Gasteiger partial charge in [-0.15, -0.1) is 0 Å². The van der Waals surface area contributed by atoms with E-state index in [4.69, 9.17) is 51.4 Å². The molecule has 0 saturated heterocycles. The molecule has 0 aliphatic rings. The van der Waals surface area contributed by atoms with Crippen molar-refractivity contribution in [1.82, 2.24) is 10.3 Å². The Bertz CT molecular complexity index is 1290. The van der Waals surface area contributed by atoms with Gasteiger partial charge in [-0.3, -0.25) is 10.1 Å². The number of hydrogen-bond donors (Lipinski definition) is 2. The van der Waals surface area contributed by atoms with Gasteiger partial charge >= 0.3 is 0 Å². The van der Waals surface area contributed by atoms with Gasteiger partial charge in [0.25, 0.3) is 5.91 Å². The van der Waals surface area contributed by atoms with Crippen molar-refractivity contribution in [3.63, 3.8) is 0 Å². The Kier molecular flexibility index (Phi) is 6.43. The Balaban J connectivity index is 1.36. The lowest BCUT2D eigenvalue weighted by Gasteiger charge is -2.10. The number of fused-ring (bicyclic) bond motifs is 1. The number of aromatic nitrogens is 1. The van der Waals surface area contributed by atoms with E-state index in [-0.39, 0.29) is 11.0 Å². The summed E-state index contributed by atoms with van der Waals surface area (Å²) in [5, 5.41) is 7.04. The van der Waals surface area contributed by atoms with E-state index in [1.165, 1.54) is 6.07 Å². The molecule has 4 rings (SSSR count). The molecule has 5 nitrogen and oxygen atoms in total. The van der Waals surface area contributed by atoms with Crippen molar-refractivity contribution in [3.8, 4) is 0 Å². The van der Waals surface area contributed by atoms with Crippen LogP contribution in [-0.4, -0.2) is 16.0 Å². The summed E-state index contributed by atoms with van der Waals surface area (Å²) >= 11 is 23.0. The van der Waals surface area contributed by atoms with E-state index in [2.05, 4.69) is 15.6 Å². The van der Waals surface area contributed by atoms with Gasteiger partial charge in [0.2, 0.25) is 0 Å². The van der Waals surface area contributed by atoms with E-state index < -0.39 is 0 Å². The monoisotopic (exact) mass is 489 g/mol. The molecule has 1 aromatic heterocycles. The number of rotatable bonds is 4. The van der Waals surface area contributed by atoms with E-state index in [1.807, 2.05) is 24.3 Å². The van der Waals surface area contributed by atoms with Crippen molar-refractivity contribution in [3.05, 3.63) is 92.7 Å². The average Bonchev–Trinajstić information content (AvgIpc) is 3.12. The lowest BCUT2D eigenvalue weighted by atomic mass is 10.1. The van der Waals surface area contributed by atoms with Gasteiger partial charge in [0.1, 0.15) is 5.52 Å². The minimum atomic E-state index is -0.385. The first kappa shape index (κ1) is 21.6. The van der Waals surface area contributed by atoms with E-state index >= 15 is 0 Å². The zero-order valence-electron chi connectivity index (χ0n) is 15.8. The maximum atomic E-state index is 12.3. The maximum absolute atomic E-state index is 12.3. The third-order valence-electron chi connectivity index (χ3n) is 4.37. The predicted octanol–water partition coefficient (Wildman–Crippen LogP) is 6.51. The molecule has 1 amide bonds. The van der Waals surface area contributed by atoms with Gasteiger partial charge in [-0.2, -0.15) is 0 Å². The van der Waals surface area contributed by atoms with Crippen LogP contribution in [0.5, 0.6) is 0 Å². The van der Waals surface area contributed by atoms with Crippen LogP contribution in [0.4, 0.5) is 5.69 Å². The number of thiocarbonyl (C=S) groups is 1. The van der Waals surface area contributed by atoms with E-state index in [0.717, 1.165) is 16.8 Å². The predicted molar refractivity (Wildman–Crippen MR) is 128 cm³/mol. The molecule has 31 heavy (non-hydrogen) atoms. The number of carbonyl (C=O) groups excluding carboxylic acids is 1. The molecule has 0 aliphatic heterocycles. The minimum Gasteiger partial charge on any atom is -0.440 e. The van der Waals surface area contributed by atoms with E-state index in [0.29, 0.717) is 38.5 Å². The highest BCUT2D eigenvalue weighted by Gasteiger charge is 2.11. The fourth-order valence-electron chi connectivity index (χ4n) is 2.88. The molecule has 156 valence electrons. The highest BCUT2D eigenvalue weighted by molar-refractivity contribution is 7.80. The summed E-state index contributed by atoms with van der Waals surface area (Å²) in [5.41, 5.74) is 3.51. The van der Waals surface area contributed by atoms with Gasteiger partial charge in [-0.1, -0.05) is 46.9 Å². The second kappa shape index (κ2) is 9.24. The number of benzene rings is 3. The highest BCUT2D eigenvalue weighted by atomic mass is 35.5. The summed E-state index contributed by atoms with van der Waals surface area (Å²) < 4.78 is 5.75. The normalized spacial score (nSPS) is 10.8. The maximum Gasteiger partial charge on any atom is 0.257 e. The Hall–Kier alpha value is -2.64. The van der Waals surface area contributed by atoms with Crippen LogP contribution in [0.15, 0.2) is 65.1 Å². The van der Waals surface area contributed by atoms with Gasteiger partial charge in [-0.25, -0.2) is 4.98 Å². The SMILES string of the molecule is O=C(NC(=S)Nc1ccc(Cc2nc3cc(Cl)ccc3o2)cc1)c1ccc(Cl)c(Cl)c1. The molecule has 1 heterocycles. The molecule has 0 saturated carbocycles. The third-order valence-corrected chi connectivity index (χ3v) is 5.55. The molecule has 0 bridgehead atoms. The van der Waals surface area contributed by atoms with Gasteiger partial charge in [0.05, 0.1) is 10.0 Å². The zero-order chi connectivity index (χ0) is 22.0. The second-order valence-electron chi connectivity index (χ2n) is 6.63. The molecule has 0 atom stereocenters. The molecule has 0 fully saturated rings. The van der Waals surface area contributed by atoms with Crippen molar-refractivity contribution >= 4 is 74.8 Å². The number of oxazole rings is 1. The standard InChI is InChI=1S/C22H14Cl3N3O2S/c23-14-4-8-19-18(11-14)27-20(30-19)9-12-1-5-15(6-2-12)26-22(31)28-21(29)13-3-7-16(24)17(25)10-13/h1-8,10-11H,9H2,(H2,26,28,29,31). The summed E-state index contributed by atoms with van der Waals surface area (Å²) in [6.45, 7) is 0. The topological polar surface area (TPSA) is 67.2 Å². The molecule has 3 aromatic carbocycles. The molecule has 2 N–H and O–H groups in total. The van der Waals surface area contributed by atoms with E-state index in [1.54, 1.807) is 30.3 Å². The second-order valence-corrected chi connectivity index (χ2v) is 8.29. The van der Waals surface area contributed by atoms with Crippen molar-refractivity contribution in [2.75, 3.05) is 5.32 Å². The van der Waals surface area contributed by atoms with Gasteiger partial charge in [0.15, 0.2) is 16.6 Å². The van der Waals surface area contributed by atoms with Crippen LogP contribution in [0.25, 0.3) is 11.1 Å². The highest BCUT2D eigenvalue weighted by Crippen LogP contribution is 2.23. The quantitative estimate of drug-likeness (QED) is 0.319. The van der Waals surface area contributed by atoms with Crippen LogP contribution in [0.2, 0.25) is 15.1 Å². The Morgan fingerprint density at radius 1 is 0.968 bits per heavy atom. The number of carbonyl (C=O) groups is 1. The third kappa shape index (κ3) is 5.35. The fourth-order valence-corrected chi connectivity index (χ4v) is 3.55. The van der Waals surface area contributed by atoms with Crippen molar-refractivity contribution in [2.45, 2.75) is 6.42 Å². The first-order chi connectivity index (χ1) is 14.9. The number of anilines is 1. The van der Waals surface area contributed by atoms with Crippen LogP contribution in [0.3, 0.4) is 0 Å². The molecule has 4 aromatic rings. The summed E-state index contributed by atoms with van der Waals surface area (Å²) in [4.78, 5) is 16.8. The molecule has 0 unspecified atom stereocenters. The van der Waals surface area contributed by atoms with Crippen molar-refractivity contribution in [2.24, 2.45) is 0 Å². The van der Waals surface area contributed by atoms with Crippen LogP contribution in [0, 0.1) is 0 Å². The summed E-state index contributed by atoms with van der Waals surface area (Å²) in [5.74, 6) is 0.214. The first-order valence-corrected chi connectivity index (χ1v) is 10.6. The smallest absolute Gasteiger partial charge is 0.257 e. The lowest BCUT2D eigenvalue weighted by molar-refractivity contribution is 0.0977. The molecular weight excluding hydrogens is 477 g/mol. The Morgan fingerprint density at radius 3 is 2.48 bits per heavy atom. The van der Waals surface area contributed by atoms with E-state index in [9.17, 15) is 4.79 Å². The number of halogens is 3. The van der Waals surface area contributed by atoms with Crippen LogP contribution < -0.4 is 10.6 Å². The number of nitrogens with zero attached hydrogens (tertiary/aromatic N) is 1. The molecule has 0 radical (unpaired) electrons. The fraction of sp³-hybridized carbons (Fsp3) is 0.0455. The summed E-state index contributed by atoms with van der Waals surface area (Å²) in [6.07, 6.45) is 0.533. The Labute approximate surface area is 198 Å². The molecule has 0 spiro atoms. The first-order valence-electron chi connectivity index (χ1n) is 9.09. The summed E-state index contributed by atoms with van der Waals surface area (Å²) in [6, 6.07) is 17.5. The van der Waals surface area contributed by atoms with Crippen molar-refractivity contribution < 1.29 is 9.21 Å². The van der Waals surface area contributed by atoms with Gasteiger partial charge in [-0.05, 0) is 66.3 Å². The molecular formula is C22H14Cl3N3O2S. The van der Waals surface area contributed by atoms with Crippen LogP contribution in [0.1, 0.15) is 21.8 Å². The number of nitrogens with one attached hydrogen (secondary N) is 2. The zero-order valence-corrected chi connectivity index (χ0v) is 18.9.